The first-order chi connectivity index (χ1) is 11.7. The first-order valence-electron chi connectivity index (χ1n) is 7.94. The quantitative estimate of drug-likeness (QED) is 0.585. The van der Waals surface area contributed by atoms with Gasteiger partial charge in [0.1, 0.15) is 17.9 Å². The Morgan fingerprint density at radius 2 is 2.12 bits per heavy atom. The summed E-state index contributed by atoms with van der Waals surface area (Å²) in [6.07, 6.45) is 2.40. The summed E-state index contributed by atoms with van der Waals surface area (Å²) >= 11 is 0. The molecule has 128 valence electrons. The topological polar surface area (TPSA) is 104 Å². The van der Waals surface area contributed by atoms with E-state index in [0.717, 1.165) is 10.9 Å². The van der Waals surface area contributed by atoms with E-state index >= 15 is 0 Å². The minimum absolute atomic E-state index is 0.231. The molecule has 1 aliphatic rings. The number of furan rings is 1. The third kappa shape index (κ3) is 3.58. The van der Waals surface area contributed by atoms with Crippen LogP contribution in [-0.4, -0.2) is 38.2 Å². The Kier molecular flexibility index (Phi) is 5.12. The minimum Gasteiger partial charge on any atom is -0.491 e. The maximum absolute atomic E-state index is 12.1. The van der Waals surface area contributed by atoms with Crippen molar-refractivity contribution in [3.05, 3.63) is 30.0 Å². The largest absolute Gasteiger partial charge is 0.491 e. The van der Waals surface area contributed by atoms with Crippen LogP contribution < -0.4 is 15.8 Å². The first-order valence-corrected chi connectivity index (χ1v) is 7.94. The van der Waals surface area contributed by atoms with Gasteiger partial charge in [0.15, 0.2) is 0 Å². The van der Waals surface area contributed by atoms with Crippen LogP contribution in [0.25, 0.3) is 11.0 Å². The summed E-state index contributed by atoms with van der Waals surface area (Å²) in [5.74, 6) is -0.220. The van der Waals surface area contributed by atoms with E-state index < -0.39 is 0 Å². The molecule has 2 amide bonds. The number of nitrogens with one attached hydrogen (secondary N) is 1. The van der Waals surface area contributed by atoms with E-state index in [1.165, 1.54) is 0 Å². The van der Waals surface area contributed by atoms with Crippen LogP contribution in [0.2, 0.25) is 0 Å². The number of carbonyl (C=O) groups excluding carboxylic acids is 2. The second-order valence-corrected chi connectivity index (χ2v) is 5.60. The molecule has 3 rings (SSSR count). The van der Waals surface area contributed by atoms with Gasteiger partial charge in [-0.05, 0) is 24.6 Å². The molecule has 0 bridgehead atoms. The number of fused-ring (bicyclic) bond motifs is 1. The standard InChI is InChI=1S/C17H20N2O5/c18-5-6-22-7-8-23-11-1-3-15-13(9-11)14(10-24-15)12-2-4-16(20)19-17(12)21/h1,3,9-10,12H,2,4-8,18H2,(H,19,20,21). The number of nitrogens with two attached hydrogens (primary N) is 1. The van der Waals surface area contributed by atoms with Crippen molar-refractivity contribution in [3.63, 3.8) is 0 Å². The van der Waals surface area contributed by atoms with Crippen molar-refractivity contribution < 1.29 is 23.5 Å². The molecular formula is C17H20N2O5. The number of hydrogen-bond donors (Lipinski definition) is 2. The van der Waals surface area contributed by atoms with Gasteiger partial charge in [-0.25, -0.2) is 0 Å². The van der Waals surface area contributed by atoms with Gasteiger partial charge < -0.3 is 19.6 Å². The molecule has 2 aromatic rings. The molecule has 1 saturated heterocycles. The highest BCUT2D eigenvalue weighted by Gasteiger charge is 2.30. The van der Waals surface area contributed by atoms with Gasteiger partial charge in [0.2, 0.25) is 11.8 Å². The molecule has 2 heterocycles. The van der Waals surface area contributed by atoms with Gasteiger partial charge in [-0.3, -0.25) is 14.9 Å². The van der Waals surface area contributed by atoms with Crippen molar-refractivity contribution in [3.8, 4) is 5.75 Å². The molecule has 3 N–H and O–H groups in total. The Hall–Kier alpha value is -2.38. The lowest BCUT2D eigenvalue weighted by molar-refractivity contribution is -0.134. The zero-order valence-corrected chi connectivity index (χ0v) is 13.2. The summed E-state index contributed by atoms with van der Waals surface area (Å²) in [4.78, 5) is 23.4. The van der Waals surface area contributed by atoms with Gasteiger partial charge in [-0.15, -0.1) is 0 Å². The molecule has 0 saturated carbocycles. The molecule has 0 spiro atoms. The lowest BCUT2D eigenvalue weighted by atomic mass is 9.90. The number of rotatable bonds is 7. The summed E-state index contributed by atoms with van der Waals surface area (Å²) in [6.45, 7) is 1.86. The Balaban J connectivity index is 1.74. The molecule has 0 radical (unpaired) electrons. The number of amides is 2. The molecule has 7 heteroatoms. The normalized spacial score (nSPS) is 18.0. The van der Waals surface area contributed by atoms with Crippen LogP contribution in [0.1, 0.15) is 24.3 Å². The molecule has 7 nitrogen and oxygen atoms in total. The number of imide groups is 1. The Morgan fingerprint density at radius 1 is 1.25 bits per heavy atom. The average molecular weight is 332 g/mol. The average Bonchev–Trinajstić information content (AvgIpc) is 2.98. The fourth-order valence-corrected chi connectivity index (χ4v) is 2.78. The van der Waals surface area contributed by atoms with Crippen LogP contribution in [0.3, 0.4) is 0 Å². The monoisotopic (exact) mass is 332 g/mol. The van der Waals surface area contributed by atoms with E-state index in [4.69, 9.17) is 19.6 Å². The maximum Gasteiger partial charge on any atom is 0.234 e. The summed E-state index contributed by atoms with van der Waals surface area (Å²) in [7, 11) is 0. The van der Waals surface area contributed by atoms with Crippen LogP contribution in [0, 0.1) is 0 Å². The molecule has 1 fully saturated rings. The van der Waals surface area contributed by atoms with Crippen LogP contribution in [0.15, 0.2) is 28.9 Å². The molecule has 0 aliphatic carbocycles. The van der Waals surface area contributed by atoms with Gasteiger partial charge in [-0.2, -0.15) is 0 Å². The zero-order valence-electron chi connectivity index (χ0n) is 13.2. The van der Waals surface area contributed by atoms with Crippen molar-refractivity contribution in [1.82, 2.24) is 5.32 Å². The van der Waals surface area contributed by atoms with Crippen LogP contribution >= 0.6 is 0 Å². The molecule has 1 aliphatic heterocycles. The number of ether oxygens (including phenoxy) is 2. The van der Waals surface area contributed by atoms with Gasteiger partial charge in [0.25, 0.3) is 0 Å². The summed E-state index contributed by atoms with van der Waals surface area (Å²) in [5, 5.41) is 3.20. The van der Waals surface area contributed by atoms with E-state index in [0.29, 0.717) is 50.5 Å². The van der Waals surface area contributed by atoms with E-state index in [-0.39, 0.29) is 17.7 Å². The van der Waals surface area contributed by atoms with Crippen molar-refractivity contribution >= 4 is 22.8 Å². The van der Waals surface area contributed by atoms with Gasteiger partial charge in [0.05, 0.1) is 25.4 Å². The molecule has 1 unspecified atom stereocenters. The Bertz CT molecular complexity index is 740. The highest BCUT2D eigenvalue weighted by Crippen LogP contribution is 2.34. The predicted molar refractivity (Wildman–Crippen MR) is 86.7 cm³/mol. The molecule has 1 aromatic carbocycles. The van der Waals surface area contributed by atoms with E-state index in [1.54, 1.807) is 12.3 Å². The van der Waals surface area contributed by atoms with Gasteiger partial charge in [0, 0.05) is 23.9 Å². The molecule has 24 heavy (non-hydrogen) atoms. The van der Waals surface area contributed by atoms with E-state index in [9.17, 15) is 9.59 Å². The number of hydrogen-bond acceptors (Lipinski definition) is 6. The molecular weight excluding hydrogens is 312 g/mol. The van der Waals surface area contributed by atoms with Crippen LogP contribution in [0.4, 0.5) is 0 Å². The number of piperidine rings is 1. The Labute approximate surface area is 139 Å². The maximum atomic E-state index is 12.1. The fraction of sp³-hybridized carbons (Fsp3) is 0.412. The van der Waals surface area contributed by atoms with Crippen molar-refractivity contribution in [1.29, 1.82) is 0 Å². The molecule has 1 aromatic heterocycles. The van der Waals surface area contributed by atoms with Gasteiger partial charge in [-0.1, -0.05) is 0 Å². The number of benzene rings is 1. The first kappa shape index (κ1) is 16.5. The zero-order chi connectivity index (χ0) is 16.9. The van der Waals surface area contributed by atoms with Crippen molar-refractivity contribution in [2.24, 2.45) is 5.73 Å². The smallest absolute Gasteiger partial charge is 0.234 e. The predicted octanol–water partition coefficient (Wildman–Crippen LogP) is 1.31. The van der Waals surface area contributed by atoms with Crippen molar-refractivity contribution in [2.75, 3.05) is 26.4 Å². The van der Waals surface area contributed by atoms with Crippen molar-refractivity contribution in [2.45, 2.75) is 18.8 Å². The molecule has 1 atom stereocenters. The summed E-state index contributed by atoms with van der Waals surface area (Å²) in [5.41, 5.74) is 6.81. The lowest BCUT2D eigenvalue weighted by Gasteiger charge is -2.19. The lowest BCUT2D eigenvalue weighted by Crippen LogP contribution is -2.39. The van der Waals surface area contributed by atoms with E-state index in [2.05, 4.69) is 5.32 Å². The van der Waals surface area contributed by atoms with E-state index in [1.807, 2.05) is 12.1 Å². The third-order valence-electron chi connectivity index (χ3n) is 3.95. The minimum atomic E-state index is -0.382. The highest BCUT2D eigenvalue weighted by atomic mass is 16.5. The summed E-state index contributed by atoms with van der Waals surface area (Å²) < 4.78 is 16.5. The second kappa shape index (κ2) is 7.46. The van der Waals surface area contributed by atoms with Crippen LogP contribution in [-0.2, 0) is 14.3 Å². The van der Waals surface area contributed by atoms with Crippen LogP contribution in [0.5, 0.6) is 5.75 Å². The van der Waals surface area contributed by atoms with Gasteiger partial charge >= 0.3 is 0 Å². The number of carbonyl (C=O) groups is 2. The third-order valence-corrected chi connectivity index (χ3v) is 3.95. The fourth-order valence-electron chi connectivity index (χ4n) is 2.78. The highest BCUT2D eigenvalue weighted by molar-refractivity contribution is 6.02. The SMILES string of the molecule is NCCOCCOc1ccc2occ(C3CCC(=O)NC3=O)c2c1. The second-order valence-electron chi connectivity index (χ2n) is 5.60. The summed E-state index contributed by atoms with van der Waals surface area (Å²) in [6, 6.07) is 5.46. The Morgan fingerprint density at radius 3 is 2.92 bits per heavy atom.